The van der Waals surface area contributed by atoms with E-state index in [1.54, 1.807) is 18.6 Å². The second-order valence-corrected chi connectivity index (χ2v) is 6.87. The number of likely N-dealkylation sites (tertiary alicyclic amines) is 1. The van der Waals surface area contributed by atoms with Crippen molar-refractivity contribution in [3.63, 3.8) is 0 Å². The Bertz CT molecular complexity index is 916. The van der Waals surface area contributed by atoms with Crippen LogP contribution in [0.25, 0.3) is 0 Å². The summed E-state index contributed by atoms with van der Waals surface area (Å²) >= 11 is 0. The number of rotatable bonds is 4. The van der Waals surface area contributed by atoms with E-state index < -0.39 is 0 Å². The van der Waals surface area contributed by atoms with Crippen LogP contribution in [0.2, 0.25) is 0 Å². The van der Waals surface area contributed by atoms with Gasteiger partial charge in [0.15, 0.2) is 5.82 Å². The van der Waals surface area contributed by atoms with E-state index in [0.29, 0.717) is 18.8 Å². The van der Waals surface area contributed by atoms with E-state index in [4.69, 9.17) is 0 Å². The molecule has 9 nitrogen and oxygen atoms in total. The predicted molar refractivity (Wildman–Crippen MR) is 97.0 cm³/mol. The Hall–Kier alpha value is -3.10. The van der Waals surface area contributed by atoms with Crippen LogP contribution in [0.1, 0.15) is 46.6 Å². The first-order valence-electron chi connectivity index (χ1n) is 9.05. The normalized spacial score (nSPS) is 17.3. The van der Waals surface area contributed by atoms with Crippen LogP contribution in [-0.4, -0.2) is 58.4 Å². The number of aryl methyl sites for hydroxylation is 1. The van der Waals surface area contributed by atoms with Gasteiger partial charge in [-0.05, 0) is 25.8 Å². The van der Waals surface area contributed by atoms with Gasteiger partial charge in [0.1, 0.15) is 18.1 Å². The molecule has 3 aromatic heterocycles. The van der Waals surface area contributed by atoms with Crippen molar-refractivity contribution in [2.75, 3.05) is 13.1 Å². The van der Waals surface area contributed by atoms with Crippen LogP contribution in [0.15, 0.2) is 30.9 Å². The summed E-state index contributed by atoms with van der Waals surface area (Å²) in [5.41, 5.74) is 1.19. The average Bonchev–Trinajstić information content (AvgIpc) is 3.33. The zero-order chi connectivity index (χ0) is 18.8. The van der Waals surface area contributed by atoms with E-state index in [-0.39, 0.29) is 11.8 Å². The molecular weight excluding hydrogens is 344 g/mol. The zero-order valence-corrected chi connectivity index (χ0v) is 15.5. The summed E-state index contributed by atoms with van der Waals surface area (Å²) in [5.74, 6) is 1.84. The minimum atomic E-state index is -0.0777. The number of hydrogen-bond donors (Lipinski definition) is 0. The van der Waals surface area contributed by atoms with Gasteiger partial charge in [0.2, 0.25) is 0 Å². The molecule has 0 aromatic carbocycles. The monoisotopic (exact) mass is 366 g/mol. The largest absolute Gasteiger partial charge is 0.337 e. The molecule has 1 aliphatic heterocycles. The van der Waals surface area contributed by atoms with Crippen molar-refractivity contribution in [3.8, 4) is 0 Å². The van der Waals surface area contributed by atoms with E-state index in [1.165, 1.54) is 0 Å². The Morgan fingerprint density at radius 1 is 1.26 bits per heavy atom. The fourth-order valence-corrected chi connectivity index (χ4v) is 3.44. The maximum atomic E-state index is 12.8. The molecule has 1 fully saturated rings. The highest BCUT2D eigenvalue weighted by Crippen LogP contribution is 2.26. The molecule has 0 N–H and O–H groups in total. The van der Waals surface area contributed by atoms with Crippen molar-refractivity contribution >= 4 is 5.91 Å². The Balaban J connectivity index is 1.49. The molecular formula is C18H22N8O. The van der Waals surface area contributed by atoms with Crippen molar-refractivity contribution in [2.45, 2.75) is 32.2 Å². The maximum Gasteiger partial charge on any atom is 0.274 e. The Kier molecular flexibility index (Phi) is 4.66. The number of piperidine rings is 1. The summed E-state index contributed by atoms with van der Waals surface area (Å²) in [4.78, 5) is 23.0. The van der Waals surface area contributed by atoms with Gasteiger partial charge in [-0.2, -0.15) is 5.10 Å². The number of aromatic nitrogens is 7. The minimum absolute atomic E-state index is 0.0777. The van der Waals surface area contributed by atoms with Crippen LogP contribution in [-0.2, 0) is 13.6 Å². The average molecular weight is 366 g/mol. The Morgan fingerprint density at radius 3 is 2.89 bits per heavy atom. The van der Waals surface area contributed by atoms with Gasteiger partial charge in [-0.15, -0.1) is 10.2 Å². The molecule has 0 spiro atoms. The molecule has 4 heterocycles. The topological polar surface area (TPSA) is 94.6 Å². The second kappa shape index (κ2) is 7.26. The second-order valence-electron chi connectivity index (χ2n) is 6.87. The lowest BCUT2D eigenvalue weighted by molar-refractivity contribution is 0.0697. The quantitative estimate of drug-likeness (QED) is 0.688. The fourth-order valence-electron chi connectivity index (χ4n) is 3.44. The molecule has 1 atom stereocenters. The molecule has 0 radical (unpaired) electrons. The molecule has 0 unspecified atom stereocenters. The van der Waals surface area contributed by atoms with Gasteiger partial charge in [-0.3, -0.25) is 14.5 Å². The SMILES string of the molecule is Cc1cnc(C(=O)N2CCC[C@H](c3nnc(Cn4cccn4)n3C)C2)cn1. The standard InChI is InChI=1S/C18H22N8O/c1-13-9-20-15(10-19-13)18(27)25-7-3-5-14(11-25)17-23-22-16(24(17)2)12-26-8-4-6-21-26/h4,6,8-10,14H,3,5,7,11-12H2,1-2H3/t14-/m0/s1. The van der Waals surface area contributed by atoms with Crippen LogP contribution in [0.5, 0.6) is 0 Å². The van der Waals surface area contributed by atoms with E-state index >= 15 is 0 Å². The predicted octanol–water partition coefficient (Wildman–Crippen LogP) is 1.18. The van der Waals surface area contributed by atoms with Crippen molar-refractivity contribution in [3.05, 3.63) is 53.9 Å². The van der Waals surface area contributed by atoms with E-state index in [9.17, 15) is 4.79 Å². The van der Waals surface area contributed by atoms with Crippen molar-refractivity contribution in [2.24, 2.45) is 7.05 Å². The number of amides is 1. The van der Waals surface area contributed by atoms with Gasteiger partial charge in [0.05, 0.1) is 11.9 Å². The molecule has 0 aliphatic carbocycles. The lowest BCUT2D eigenvalue weighted by atomic mass is 9.97. The summed E-state index contributed by atoms with van der Waals surface area (Å²) in [7, 11) is 1.97. The molecule has 9 heteroatoms. The molecule has 140 valence electrons. The molecule has 0 bridgehead atoms. The number of hydrogen-bond acceptors (Lipinski definition) is 6. The van der Waals surface area contributed by atoms with E-state index in [1.807, 2.05) is 40.4 Å². The number of carbonyl (C=O) groups excluding carboxylic acids is 1. The fraction of sp³-hybridized carbons (Fsp3) is 0.444. The van der Waals surface area contributed by atoms with Crippen LogP contribution in [0, 0.1) is 6.92 Å². The van der Waals surface area contributed by atoms with Crippen molar-refractivity contribution in [1.82, 2.24) is 39.4 Å². The highest BCUT2D eigenvalue weighted by Gasteiger charge is 2.29. The molecule has 0 saturated carbocycles. The van der Waals surface area contributed by atoms with Crippen LogP contribution in [0.4, 0.5) is 0 Å². The van der Waals surface area contributed by atoms with Crippen LogP contribution < -0.4 is 0 Å². The highest BCUT2D eigenvalue weighted by molar-refractivity contribution is 5.92. The third kappa shape index (κ3) is 3.57. The third-order valence-electron chi connectivity index (χ3n) is 4.94. The van der Waals surface area contributed by atoms with Gasteiger partial charge in [-0.25, -0.2) is 4.98 Å². The number of nitrogens with zero attached hydrogens (tertiary/aromatic N) is 8. The summed E-state index contributed by atoms with van der Waals surface area (Å²) < 4.78 is 3.84. The maximum absolute atomic E-state index is 12.8. The Labute approximate surface area is 157 Å². The molecule has 27 heavy (non-hydrogen) atoms. The smallest absolute Gasteiger partial charge is 0.274 e. The van der Waals surface area contributed by atoms with E-state index in [2.05, 4.69) is 25.3 Å². The summed E-state index contributed by atoms with van der Waals surface area (Å²) in [5, 5.41) is 13.0. The summed E-state index contributed by atoms with van der Waals surface area (Å²) in [6, 6.07) is 1.88. The molecule has 1 amide bonds. The Morgan fingerprint density at radius 2 is 2.15 bits per heavy atom. The number of carbonyl (C=O) groups is 1. The van der Waals surface area contributed by atoms with Crippen molar-refractivity contribution in [1.29, 1.82) is 0 Å². The van der Waals surface area contributed by atoms with Gasteiger partial charge in [0, 0.05) is 44.6 Å². The summed E-state index contributed by atoms with van der Waals surface area (Å²) in [6.07, 6.45) is 8.73. The van der Waals surface area contributed by atoms with Crippen LogP contribution >= 0.6 is 0 Å². The molecule has 4 rings (SSSR count). The van der Waals surface area contributed by atoms with Gasteiger partial charge < -0.3 is 9.47 Å². The van der Waals surface area contributed by atoms with Crippen molar-refractivity contribution < 1.29 is 4.79 Å². The van der Waals surface area contributed by atoms with Gasteiger partial charge in [-0.1, -0.05) is 0 Å². The minimum Gasteiger partial charge on any atom is -0.337 e. The summed E-state index contributed by atoms with van der Waals surface area (Å²) in [6.45, 7) is 3.77. The third-order valence-corrected chi connectivity index (χ3v) is 4.94. The first-order valence-corrected chi connectivity index (χ1v) is 9.05. The lowest BCUT2D eigenvalue weighted by Crippen LogP contribution is -2.40. The first-order chi connectivity index (χ1) is 13.1. The van der Waals surface area contributed by atoms with Gasteiger partial charge in [0.25, 0.3) is 5.91 Å². The zero-order valence-electron chi connectivity index (χ0n) is 15.5. The molecule has 1 aliphatic rings. The highest BCUT2D eigenvalue weighted by atomic mass is 16.2. The molecule has 1 saturated heterocycles. The van der Waals surface area contributed by atoms with Gasteiger partial charge >= 0.3 is 0 Å². The lowest BCUT2D eigenvalue weighted by Gasteiger charge is -2.32. The van der Waals surface area contributed by atoms with E-state index in [0.717, 1.165) is 36.7 Å². The molecule has 3 aromatic rings. The first kappa shape index (κ1) is 17.3. The van der Waals surface area contributed by atoms with Crippen LogP contribution in [0.3, 0.4) is 0 Å².